The lowest BCUT2D eigenvalue weighted by Gasteiger charge is -2.41. The molecule has 0 spiro atoms. The normalized spacial score (nSPS) is 20.0. The first kappa shape index (κ1) is 16.5. The molecule has 118 valence electrons. The lowest BCUT2D eigenvalue weighted by Crippen LogP contribution is -2.51. The number of hydrogen-bond donors (Lipinski definition) is 0. The Morgan fingerprint density at radius 1 is 1.29 bits per heavy atom. The minimum atomic E-state index is -3.66. The van der Waals surface area contributed by atoms with Crippen LogP contribution in [0.25, 0.3) is 0 Å². The van der Waals surface area contributed by atoms with Gasteiger partial charge >= 0.3 is 0 Å². The lowest BCUT2D eigenvalue weighted by molar-refractivity contribution is -0.224. The molecular weight excluding hydrogens is 318 g/mol. The molecule has 2 rings (SSSR count). The smallest absolute Gasteiger partial charge is 0.243 e. The molecule has 0 bridgehead atoms. The van der Waals surface area contributed by atoms with E-state index < -0.39 is 15.8 Å². The fourth-order valence-electron chi connectivity index (χ4n) is 2.52. The summed E-state index contributed by atoms with van der Waals surface area (Å²) < 4.78 is 42.9. The zero-order valence-corrected chi connectivity index (χ0v) is 13.7. The molecular formula is C13H18ClNO5S. The Morgan fingerprint density at radius 2 is 1.95 bits per heavy atom. The van der Waals surface area contributed by atoms with Gasteiger partial charge in [-0.15, -0.1) is 11.6 Å². The van der Waals surface area contributed by atoms with Crippen LogP contribution in [0, 0.1) is 0 Å². The summed E-state index contributed by atoms with van der Waals surface area (Å²) in [4.78, 5) is 0.113. The largest absolute Gasteiger partial charge is 0.496 e. The fourth-order valence-corrected chi connectivity index (χ4v) is 4.54. The average molecular weight is 336 g/mol. The highest BCUT2D eigenvalue weighted by molar-refractivity contribution is 7.89. The van der Waals surface area contributed by atoms with Gasteiger partial charge in [-0.1, -0.05) is 6.07 Å². The number of alkyl halides is 1. The van der Waals surface area contributed by atoms with Crippen LogP contribution >= 0.6 is 11.6 Å². The average Bonchev–Trinajstić information content (AvgIpc) is 2.50. The number of rotatable bonds is 5. The van der Waals surface area contributed by atoms with Gasteiger partial charge in [0.2, 0.25) is 15.8 Å². The molecule has 1 aliphatic heterocycles. The Kier molecular flexibility index (Phi) is 4.79. The maximum atomic E-state index is 12.7. The van der Waals surface area contributed by atoms with E-state index in [1.807, 2.05) is 0 Å². The third kappa shape index (κ3) is 2.53. The Morgan fingerprint density at radius 3 is 2.48 bits per heavy atom. The molecule has 1 aromatic rings. The van der Waals surface area contributed by atoms with Gasteiger partial charge in [0.25, 0.3) is 0 Å². The second kappa shape index (κ2) is 6.10. The van der Waals surface area contributed by atoms with Crippen LogP contribution in [0.5, 0.6) is 5.75 Å². The van der Waals surface area contributed by atoms with E-state index in [1.165, 1.54) is 31.7 Å². The van der Waals surface area contributed by atoms with Crippen molar-refractivity contribution in [2.75, 3.05) is 40.3 Å². The number of halogens is 1. The third-order valence-corrected chi connectivity index (χ3v) is 5.64. The molecule has 1 heterocycles. The summed E-state index contributed by atoms with van der Waals surface area (Å²) in [6.45, 7) is 0.192. The van der Waals surface area contributed by atoms with Gasteiger partial charge in [-0.05, 0) is 12.1 Å². The number of ether oxygens (including phenoxy) is 3. The highest BCUT2D eigenvalue weighted by Crippen LogP contribution is 2.43. The van der Waals surface area contributed by atoms with Crippen molar-refractivity contribution in [2.24, 2.45) is 0 Å². The molecule has 1 aromatic carbocycles. The van der Waals surface area contributed by atoms with E-state index in [9.17, 15) is 8.42 Å². The summed E-state index contributed by atoms with van der Waals surface area (Å²) in [5.41, 5.74) is 0.378. The molecule has 0 unspecified atom stereocenters. The van der Waals surface area contributed by atoms with Crippen molar-refractivity contribution in [1.29, 1.82) is 0 Å². The van der Waals surface area contributed by atoms with E-state index in [1.54, 1.807) is 12.1 Å². The molecule has 1 aliphatic rings. The van der Waals surface area contributed by atoms with Gasteiger partial charge in [-0.2, -0.15) is 4.31 Å². The van der Waals surface area contributed by atoms with Gasteiger partial charge in [-0.3, -0.25) is 0 Å². The van der Waals surface area contributed by atoms with Gasteiger partial charge in [0, 0.05) is 26.6 Å². The molecule has 0 atom stereocenters. The van der Waals surface area contributed by atoms with Gasteiger partial charge in [-0.25, -0.2) is 8.42 Å². The van der Waals surface area contributed by atoms with E-state index in [-0.39, 0.29) is 23.9 Å². The summed E-state index contributed by atoms with van der Waals surface area (Å²) in [5, 5.41) is 0. The van der Waals surface area contributed by atoms with E-state index in [2.05, 4.69) is 0 Å². The van der Waals surface area contributed by atoms with Crippen molar-refractivity contribution in [1.82, 2.24) is 4.31 Å². The topological polar surface area (TPSA) is 65.1 Å². The van der Waals surface area contributed by atoms with E-state index in [0.29, 0.717) is 11.3 Å². The van der Waals surface area contributed by atoms with Crippen molar-refractivity contribution in [2.45, 2.75) is 10.7 Å². The Bertz CT molecular complexity index is 615. The molecule has 8 heteroatoms. The van der Waals surface area contributed by atoms with Crippen LogP contribution in [0.2, 0.25) is 0 Å². The van der Waals surface area contributed by atoms with Gasteiger partial charge in [0.15, 0.2) is 0 Å². The minimum absolute atomic E-state index is 0.0163. The Hall–Kier alpha value is -0.860. The van der Waals surface area contributed by atoms with Crippen LogP contribution in [-0.2, 0) is 25.3 Å². The minimum Gasteiger partial charge on any atom is -0.496 e. The first-order chi connectivity index (χ1) is 9.96. The predicted octanol–water partition coefficient (Wildman–Crippen LogP) is 1.38. The monoisotopic (exact) mass is 335 g/mol. The number of fused-ring (bicyclic) bond motifs is 1. The van der Waals surface area contributed by atoms with Crippen molar-refractivity contribution in [3.8, 4) is 5.75 Å². The fraction of sp³-hybridized carbons (Fsp3) is 0.538. The molecule has 0 aliphatic carbocycles. The van der Waals surface area contributed by atoms with Crippen LogP contribution in [0.15, 0.2) is 23.1 Å². The zero-order valence-electron chi connectivity index (χ0n) is 12.1. The second-order valence-corrected chi connectivity index (χ2v) is 6.81. The Balaban J connectivity index is 2.75. The molecule has 0 N–H and O–H groups in total. The molecule has 0 aromatic heterocycles. The van der Waals surface area contributed by atoms with Crippen LogP contribution in [-0.4, -0.2) is 53.0 Å². The van der Waals surface area contributed by atoms with Crippen molar-refractivity contribution in [3.05, 3.63) is 23.8 Å². The summed E-state index contributed by atoms with van der Waals surface area (Å²) in [7, 11) is 0.753. The molecule has 0 amide bonds. The number of sulfonamides is 1. The summed E-state index contributed by atoms with van der Waals surface area (Å²) in [6.07, 6.45) is 0. The zero-order chi connectivity index (χ0) is 15.7. The molecule has 6 nitrogen and oxygen atoms in total. The van der Waals surface area contributed by atoms with Crippen molar-refractivity contribution in [3.63, 3.8) is 0 Å². The van der Waals surface area contributed by atoms with Gasteiger partial charge in [0.05, 0.1) is 24.1 Å². The highest BCUT2D eigenvalue weighted by atomic mass is 35.5. The Labute approximate surface area is 129 Å². The second-order valence-electron chi connectivity index (χ2n) is 4.52. The summed E-state index contributed by atoms with van der Waals surface area (Å²) in [5.74, 6) is -0.633. The summed E-state index contributed by atoms with van der Waals surface area (Å²) in [6, 6.07) is 4.81. The maximum Gasteiger partial charge on any atom is 0.243 e. The standard InChI is InChI=1S/C13H18ClNO5S/c1-18-10-5-4-6-11-12(10)13(19-2,20-3)9-15(8-7-14)21(11,16)17/h4-6H,7-9H2,1-3H3. The SMILES string of the molecule is COc1cccc2c1C(OC)(OC)CN(CCCl)S2(=O)=O. The van der Waals surface area contributed by atoms with Crippen molar-refractivity contribution >= 4 is 21.6 Å². The first-order valence-corrected chi connectivity index (χ1v) is 8.28. The van der Waals surface area contributed by atoms with E-state index in [4.69, 9.17) is 25.8 Å². The molecule has 0 saturated carbocycles. The van der Waals surface area contributed by atoms with E-state index >= 15 is 0 Å². The number of nitrogens with zero attached hydrogens (tertiary/aromatic N) is 1. The van der Waals surface area contributed by atoms with Gasteiger partial charge in [0.1, 0.15) is 5.75 Å². The number of methoxy groups -OCH3 is 3. The third-order valence-electron chi connectivity index (χ3n) is 3.58. The van der Waals surface area contributed by atoms with Gasteiger partial charge < -0.3 is 14.2 Å². The van der Waals surface area contributed by atoms with Crippen LogP contribution in [0.4, 0.5) is 0 Å². The summed E-state index contributed by atoms with van der Waals surface area (Å²) >= 11 is 5.71. The van der Waals surface area contributed by atoms with Crippen LogP contribution in [0.3, 0.4) is 0 Å². The molecule has 0 saturated heterocycles. The highest BCUT2D eigenvalue weighted by Gasteiger charge is 2.49. The molecule has 0 radical (unpaired) electrons. The number of benzene rings is 1. The van der Waals surface area contributed by atoms with Crippen LogP contribution < -0.4 is 4.74 Å². The predicted molar refractivity (Wildman–Crippen MR) is 78.2 cm³/mol. The quantitative estimate of drug-likeness (QED) is 0.601. The van der Waals surface area contributed by atoms with E-state index in [0.717, 1.165) is 0 Å². The molecule has 0 fully saturated rings. The number of hydrogen-bond acceptors (Lipinski definition) is 5. The maximum absolute atomic E-state index is 12.7. The van der Waals surface area contributed by atoms with Crippen molar-refractivity contribution < 1.29 is 22.6 Å². The van der Waals surface area contributed by atoms with Crippen LogP contribution in [0.1, 0.15) is 5.56 Å². The first-order valence-electron chi connectivity index (χ1n) is 6.30. The lowest BCUT2D eigenvalue weighted by atomic mass is 10.0. The molecule has 21 heavy (non-hydrogen) atoms.